The number of halogens is 2. The standard InChI is InChI=1S/C10H11ClFN/c1-7-5-8(3-2-4-13)6-9(11)10(7)12/h2-3,5-6H,4,13H2,1H3/b3-2+. The lowest BCUT2D eigenvalue weighted by atomic mass is 10.1. The number of benzene rings is 1. The Balaban J connectivity index is 3.06. The summed E-state index contributed by atoms with van der Waals surface area (Å²) in [5.41, 5.74) is 6.70. The van der Waals surface area contributed by atoms with E-state index in [0.29, 0.717) is 12.1 Å². The molecule has 0 bridgehead atoms. The molecular formula is C10H11ClFN. The first kappa shape index (κ1) is 10.2. The number of nitrogens with two attached hydrogens (primary N) is 1. The molecule has 0 saturated carbocycles. The Morgan fingerprint density at radius 2 is 2.23 bits per heavy atom. The molecule has 0 unspecified atom stereocenters. The van der Waals surface area contributed by atoms with Crippen LogP contribution in [0, 0.1) is 12.7 Å². The number of hydrogen-bond donors (Lipinski definition) is 1. The highest BCUT2D eigenvalue weighted by molar-refractivity contribution is 6.30. The molecule has 0 spiro atoms. The summed E-state index contributed by atoms with van der Waals surface area (Å²) in [6, 6.07) is 3.31. The van der Waals surface area contributed by atoms with Crippen LogP contribution in [-0.2, 0) is 0 Å². The molecule has 0 atom stereocenters. The molecule has 0 amide bonds. The van der Waals surface area contributed by atoms with Gasteiger partial charge in [-0.2, -0.15) is 0 Å². The molecule has 2 N–H and O–H groups in total. The summed E-state index contributed by atoms with van der Waals surface area (Å²) in [4.78, 5) is 0. The van der Waals surface area contributed by atoms with Crippen molar-refractivity contribution in [3.05, 3.63) is 40.2 Å². The zero-order valence-corrected chi connectivity index (χ0v) is 8.11. The average molecular weight is 200 g/mol. The molecule has 1 rings (SSSR count). The van der Waals surface area contributed by atoms with Gasteiger partial charge < -0.3 is 5.73 Å². The molecule has 0 aliphatic heterocycles. The van der Waals surface area contributed by atoms with Gasteiger partial charge in [-0.05, 0) is 30.2 Å². The fraction of sp³-hybridized carbons (Fsp3) is 0.200. The quantitative estimate of drug-likeness (QED) is 0.779. The zero-order chi connectivity index (χ0) is 9.84. The lowest BCUT2D eigenvalue weighted by Gasteiger charge is -2.01. The Morgan fingerprint density at radius 3 is 2.77 bits per heavy atom. The molecule has 0 aromatic heterocycles. The van der Waals surface area contributed by atoms with Crippen molar-refractivity contribution >= 4 is 17.7 Å². The van der Waals surface area contributed by atoms with E-state index < -0.39 is 0 Å². The second kappa shape index (κ2) is 4.40. The molecule has 3 heteroatoms. The van der Waals surface area contributed by atoms with E-state index in [4.69, 9.17) is 17.3 Å². The van der Waals surface area contributed by atoms with E-state index in [1.807, 2.05) is 6.08 Å². The monoisotopic (exact) mass is 199 g/mol. The predicted molar refractivity (Wildman–Crippen MR) is 54.2 cm³/mol. The first-order chi connectivity index (χ1) is 6.15. The van der Waals surface area contributed by atoms with Crippen LogP contribution in [0.15, 0.2) is 18.2 Å². The van der Waals surface area contributed by atoms with Gasteiger partial charge in [0.05, 0.1) is 5.02 Å². The highest BCUT2D eigenvalue weighted by Crippen LogP contribution is 2.20. The van der Waals surface area contributed by atoms with Crippen LogP contribution in [0.5, 0.6) is 0 Å². The van der Waals surface area contributed by atoms with E-state index in [1.165, 1.54) is 0 Å². The molecule has 13 heavy (non-hydrogen) atoms. The largest absolute Gasteiger partial charge is 0.327 e. The van der Waals surface area contributed by atoms with Crippen LogP contribution >= 0.6 is 11.6 Å². The molecule has 0 radical (unpaired) electrons. The molecule has 0 aliphatic rings. The second-order valence-electron chi connectivity index (χ2n) is 2.77. The summed E-state index contributed by atoms with van der Waals surface area (Å²) >= 11 is 5.66. The number of hydrogen-bond acceptors (Lipinski definition) is 1. The molecular weight excluding hydrogens is 189 g/mol. The number of aryl methyl sites for hydroxylation is 1. The van der Waals surface area contributed by atoms with E-state index >= 15 is 0 Å². The van der Waals surface area contributed by atoms with Crippen LogP contribution in [0.2, 0.25) is 5.02 Å². The first-order valence-electron chi connectivity index (χ1n) is 3.97. The Kier molecular flexibility index (Phi) is 3.46. The van der Waals surface area contributed by atoms with Crippen LogP contribution in [0.4, 0.5) is 4.39 Å². The normalized spacial score (nSPS) is 11.1. The van der Waals surface area contributed by atoms with Gasteiger partial charge in [-0.3, -0.25) is 0 Å². The minimum atomic E-state index is -0.355. The molecule has 0 aliphatic carbocycles. The van der Waals surface area contributed by atoms with E-state index in [0.717, 1.165) is 5.56 Å². The molecule has 0 fully saturated rings. The third-order valence-corrected chi connectivity index (χ3v) is 1.95. The molecule has 1 aromatic rings. The Bertz CT molecular complexity index is 311. The zero-order valence-electron chi connectivity index (χ0n) is 7.35. The summed E-state index contributed by atoms with van der Waals surface area (Å²) in [6.07, 6.45) is 3.61. The molecule has 0 heterocycles. The topological polar surface area (TPSA) is 26.0 Å². The van der Waals surface area contributed by atoms with Crippen molar-refractivity contribution in [2.75, 3.05) is 6.54 Å². The fourth-order valence-corrected chi connectivity index (χ4v) is 1.33. The summed E-state index contributed by atoms with van der Waals surface area (Å²) in [6.45, 7) is 2.15. The summed E-state index contributed by atoms with van der Waals surface area (Å²) in [5.74, 6) is -0.355. The highest BCUT2D eigenvalue weighted by Gasteiger charge is 2.03. The van der Waals surface area contributed by atoms with Crippen LogP contribution in [-0.4, -0.2) is 6.54 Å². The average Bonchev–Trinajstić information content (AvgIpc) is 2.10. The molecule has 0 saturated heterocycles. The lowest BCUT2D eigenvalue weighted by molar-refractivity contribution is 0.619. The maximum atomic E-state index is 13.1. The minimum absolute atomic E-state index is 0.150. The number of rotatable bonds is 2. The Hall–Kier alpha value is -0.860. The molecule has 1 aromatic carbocycles. The van der Waals surface area contributed by atoms with Crippen molar-refractivity contribution in [1.82, 2.24) is 0 Å². The van der Waals surface area contributed by atoms with Crippen molar-refractivity contribution in [2.24, 2.45) is 5.73 Å². The second-order valence-corrected chi connectivity index (χ2v) is 3.18. The summed E-state index contributed by atoms with van der Waals surface area (Å²) in [5, 5.41) is 0.150. The van der Waals surface area contributed by atoms with Crippen molar-refractivity contribution in [3.63, 3.8) is 0 Å². The van der Waals surface area contributed by atoms with Gasteiger partial charge in [0, 0.05) is 6.54 Å². The van der Waals surface area contributed by atoms with Gasteiger partial charge in [0.1, 0.15) is 5.82 Å². The molecule has 70 valence electrons. The van der Waals surface area contributed by atoms with E-state index in [2.05, 4.69) is 0 Å². The SMILES string of the molecule is Cc1cc(/C=C/CN)cc(Cl)c1F. The molecule has 1 nitrogen and oxygen atoms in total. The Morgan fingerprint density at radius 1 is 1.54 bits per heavy atom. The Labute approximate surface area is 82.0 Å². The maximum absolute atomic E-state index is 13.1. The third kappa shape index (κ3) is 2.54. The van der Waals surface area contributed by atoms with Gasteiger partial charge in [0.2, 0.25) is 0 Å². The smallest absolute Gasteiger partial charge is 0.144 e. The van der Waals surface area contributed by atoms with E-state index in [9.17, 15) is 4.39 Å². The van der Waals surface area contributed by atoms with Crippen molar-refractivity contribution in [3.8, 4) is 0 Å². The van der Waals surface area contributed by atoms with Gasteiger partial charge in [-0.15, -0.1) is 0 Å². The summed E-state index contributed by atoms with van der Waals surface area (Å²) in [7, 11) is 0. The minimum Gasteiger partial charge on any atom is -0.327 e. The lowest BCUT2D eigenvalue weighted by Crippen LogP contribution is -1.92. The summed E-state index contributed by atoms with van der Waals surface area (Å²) < 4.78 is 13.1. The van der Waals surface area contributed by atoms with Gasteiger partial charge >= 0.3 is 0 Å². The van der Waals surface area contributed by atoms with Gasteiger partial charge in [-0.1, -0.05) is 23.8 Å². The van der Waals surface area contributed by atoms with E-state index in [-0.39, 0.29) is 10.8 Å². The van der Waals surface area contributed by atoms with Crippen LogP contribution in [0.3, 0.4) is 0 Å². The van der Waals surface area contributed by atoms with E-state index in [1.54, 1.807) is 25.1 Å². The van der Waals surface area contributed by atoms with Crippen LogP contribution in [0.1, 0.15) is 11.1 Å². The predicted octanol–water partition coefficient (Wildman–Crippen LogP) is 2.76. The maximum Gasteiger partial charge on any atom is 0.144 e. The highest BCUT2D eigenvalue weighted by atomic mass is 35.5. The van der Waals surface area contributed by atoms with Crippen LogP contribution < -0.4 is 5.73 Å². The van der Waals surface area contributed by atoms with Crippen LogP contribution in [0.25, 0.3) is 6.08 Å². The third-order valence-electron chi connectivity index (χ3n) is 1.68. The van der Waals surface area contributed by atoms with Crippen molar-refractivity contribution in [1.29, 1.82) is 0 Å². The van der Waals surface area contributed by atoms with Crippen molar-refractivity contribution in [2.45, 2.75) is 6.92 Å². The van der Waals surface area contributed by atoms with Gasteiger partial charge in [-0.25, -0.2) is 4.39 Å². The van der Waals surface area contributed by atoms with Gasteiger partial charge in [0.25, 0.3) is 0 Å². The van der Waals surface area contributed by atoms with Crippen molar-refractivity contribution < 1.29 is 4.39 Å². The first-order valence-corrected chi connectivity index (χ1v) is 4.35. The van der Waals surface area contributed by atoms with Gasteiger partial charge in [0.15, 0.2) is 0 Å². The fourth-order valence-electron chi connectivity index (χ4n) is 1.05.